The number of rotatable bonds is 4. The predicted octanol–water partition coefficient (Wildman–Crippen LogP) is 3.34. The molecule has 1 heterocycles. The van der Waals surface area contributed by atoms with Crippen molar-refractivity contribution in [3.8, 4) is 17.6 Å². The Kier molecular flexibility index (Phi) is 3.20. The van der Waals surface area contributed by atoms with Crippen LogP contribution in [0.3, 0.4) is 0 Å². The van der Waals surface area contributed by atoms with Gasteiger partial charge >= 0.3 is 0 Å². The largest absolute Gasteiger partial charge is 0.449 e. The summed E-state index contributed by atoms with van der Waals surface area (Å²) in [5.74, 6) is 0.397. The third-order valence-electron chi connectivity index (χ3n) is 3.59. The SMILES string of the molecule is CC(C#N)c1c(C(=O)C(O)c2ccccc2)ccc2c1O2. The highest BCUT2D eigenvalue weighted by Crippen LogP contribution is 2.52. The molecule has 4 nitrogen and oxygen atoms in total. The first kappa shape index (κ1) is 13.3. The molecule has 0 aromatic heterocycles. The summed E-state index contributed by atoms with van der Waals surface area (Å²) in [6, 6.07) is 14.2. The molecule has 1 N–H and O–H groups in total. The van der Waals surface area contributed by atoms with E-state index in [1.54, 1.807) is 43.3 Å². The maximum Gasteiger partial charge on any atom is 0.196 e. The van der Waals surface area contributed by atoms with Gasteiger partial charge in [-0.25, -0.2) is 0 Å². The smallest absolute Gasteiger partial charge is 0.196 e. The van der Waals surface area contributed by atoms with Gasteiger partial charge in [-0.15, -0.1) is 0 Å². The third-order valence-corrected chi connectivity index (χ3v) is 3.59. The molecule has 21 heavy (non-hydrogen) atoms. The molecule has 0 amide bonds. The summed E-state index contributed by atoms with van der Waals surface area (Å²) in [5.41, 5.74) is 1.44. The number of Topliss-reactive ketones (excluding diaryl/α,β-unsaturated/α-hetero) is 1. The molecule has 2 unspecified atom stereocenters. The zero-order valence-electron chi connectivity index (χ0n) is 11.4. The van der Waals surface area contributed by atoms with Crippen LogP contribution in [-0.2, 0) is 0 Å². The summed E-state index contributed by atoms with van der Waals surface area (Å²) in [4.78, 5) is 12.5. The average molecular weight is 279 g/mol. The molecule has 104 valence electrons. The molecule has 4 heteroatoms. The van der Waals surface area contributed by atoms with Crippen LogP contribution in [0.1, 0.15) is 40.4 Å². The second kappa shape index (κ2) is 5.04. The Labute approximate surface area is 122 Å². The van der Waals surface area contributed by atoms with E-state index in [-0.39, 0.29) is 0 Å². The highest BCUT2D eigenvalue weighted by atomic mass is 16.6. The number of fused-ring (bicyclic) bond motifs is 1. The molecule has 0 bridgehead atoms. The van der Waals surface area contributed by atoms with Gasteiger partial charge in [0.05, 0.1) is 12.0 Å². The van der Waals surface area contributed by atoms with Crippen LogP contribution in [0.15, 0.2) is 42.5 Å². The fourth-order valence-electron chi connectivity index (χ4n) is 2.40. The molecule has 0 saturated carbocycles. The van der Waals surface area contributed by atoms with Gasteiger partial charge in [-0.1, -0.05) is 30.3 Å². The van der Waals surface area contributed by atoms with Crippen LogP contribution in [0.2, 0.25) is 0 Å². The van der Waals surface area contributed by atoms with Crippen LogP contribution < -0.4 is 4.74 Å². The van der Waals surface area contributed by atoms with Gasteiger partial charge in [-0.05, 0) is 24.6 Å². The molecule has 2 atom stereocenters. The topological polar surface area (TPSA) is 73.6 Å². The van der Waals surface area contributed by atoms with E-state index in [2.05, 4.69) is 6.07 Å². The Morgan fingerprint density at radius 3 is 2.62 bits per heavy atom. The molecular weight excluding hydrogens is 266 g/mol. The number of aliphatic hydroxyl groups excluding tert-OH is 1. The molecule has 3 rings (SSSR count). The van der Waals surface area contributed by atoms with Crippen molar-refractivity contribution in [2.24, 2.45) is 0 Å². The number of carbonyl (C=O) groups excluding carboxylic acids is 1. The Bertz CT molecular complexity index is 747. The summed E-state index contributed by atoms with van der Waals surface area (Å²) in [7, 11) is 0. The van der Waals surface area contributed by atoms with Gasteiger partial charge < -0.3 is 9.84 Å². The molecular formula is C17H13NO3. The van der Waals surface area contributed by atoms with E-state index < -0.39 is 17.8 Å². The van der Waals surface area contributed by atoms with Gasteiger partial charge in [0, 0.05) is 11.1 Å². The van der Waals surface area contributed by atoms with Crippen LogP contribution in [0.4, 0.5) is 0 Å². The van der Waals surface area contributed by atoms with Crippen molar-refractivity contribution in [2.75, 3.05) is 0 Å². The molecule has 1 aliphatic heterocycles. The minimum atomic E-state index is -1.24. The van der Waals surface area contributed by atoms with Gasteiger partial charge in [0.25, 0.3) is 0 Å². The first-order chi connectivity index (χ1) is 10.1. The maximum atomic E-state index is 12.5. The number of nitriles is 1. The van der Waals surface area contributed by atoms with E-state index in [1.165, 1.54) is 0 Å². The van der Waals surface area contributed by atoms with Crippen molar-refractivity contribution in [2.45, 2.75) is 18.9 Å². The van der Waals surface area contributed by atoms with Crippen LogP contribution in [0, 0.1) is 11.3 Å². The Balaban J connectivity index is 2.00. The Morgan fingerprint density at radius 2 is 1.95 bits per heavy atom. The fourth-order valence-corrected chi connectivity index (χ4v) is 2.40. The van der Waals surface area contributed by atoms with Crippen molar-refractivity contribution in [3.63, 3.8) is 0 Å². The Morgan fingerprint density at radius 1 is 1.24 bits per heavy atom. The van der Waals surface area contributed by atoms with E-state index >= 15 is 0 Å². The number of aliphatic hydroxyl groups is 1. The normalized spacial score (nSPS) is 14.3. The lowest BCUT2D eigenvalue weighted by Gasteiger charge is -2.13. The minimum Gasteiger partial charge on any atom is -0.449 e. The summed E-state index contributed by atoms with van der Waals surface area (Å²) in [6.45, 7) is 1.71. The number of ketones is 1. The molecule has 0 spiro atoms. The highest BCUT2D eigenvalue weighted by Gasteiger charge is 2.33. The van der Waals surface area contributed by atoms with Crippen molar-refractivity contribution < 1.29 is 14.6 Å². The third kappa shape index (κ3) is 2.28. The molecule has 0 aliphatic carbocycles. The quantitative estimate of drug-likeness (QED) is 0.587. The summed E-state index contributed by atoms with van der Waals surface area (Å²) >= 11 is 0. The van der Waals surface area contributed by atoms with Gasteiger partial charge in [-0.3, -0.25) is 4.79 Å². The molecule has 1 aliphatic rings. The fraction of sp³-hybridized carbons (Fsp3) is 0.176. The van der Waals surface area contributed by atoms with Crippen LogP contribution in [0.5, 0.6) is 11.5 Å². The van der Waals surface area contributed by atoms with Gasteiger partial charge in [0.15, 0.2) is 17.3 Å². The number of hydrogen-bond acceptors (Lipinski definition) is 4. The van der Waals surface area contributed by atoms with E-state index in [0.29, 0.717) is 28.2 Å². The van der Waals surface area contributed by atoms with E-state index in [4.69, 9.17) is 10.00 Å². The van der Waals surface area contributed by atoms with Crippen LogP contribution >= 0.6 is 0 Å². The summed E-state index contributed by atoms with van der Waals surface area (Å²) in [5, 5.41) is 19.4. The lowest BCUT2D eigenvalue weighted by atomic mass is 9.91. The van der Waals surface area contributed by atoms with E-state index in [0.717, 1.165) is 0 Å². The lowest BCUT2D eigenvalue weighted by Crippen LogP contribution is -2.14. The minimum absolute atomic E-state index is 0.344. The zero-order valence-corrected chi connectivity index (χ0v) is 11.4. The van der Waals surface area contributed by atoms with Crippen molar-refractivity contribution in [1.82, 2.24) is 0 Å². The number of carbonyl (C=O) groups is 1. The first-order valence-electron chi connectivity index (χ1n) is 6.65. The first-order valence-corrected chi connectivity index (χ1v) is 6.65. The number of hydrogen-bond donors (Lipinski definition) is 1. The summed E-state index contributed by atoms with van der Waals surface area (Å²) in [6.07, 6.45) is -1.24. The van der Waals surface area contributed by atoms with Crippen LogP contribution in [-0.4, -0.2) is 10.9 Å². The van der Waals surface area contributed by atoms with Gasteiger partial charge in [0.1, 0.15) is 6.10 Å². The van der Waals surface area contributed by atoms with Gasteiger partial charge in [0.2, 0.25) is 0 Å². The number of nitrogens with zero attached hydrogens (tertiary/aromatic N) is 1. The maximum absolute atomic E-state index is 12.5. The highest BCUT2D eigenvalue weighted by molar-refractivity contribution is 6.02. The number of benzene rings is 2. The standard InChI is InChI=1S/C17H13NO3/c1-10(9-18)14-12(7-8-13-17(14)21-13)16(20)15(19)11-5-3-2-4-6-11/h2-8,10,15,19H,1H3. The van der Waals surface area contributed by atoms with Crippen molar-refractivity contribution in [3.05, 3.63) is 59.2 Å². The average Bonchev–Trinajstić information content (AvgIpc) is 3.32. The molecule has 2 aromatic rings. The molecule has 0 fully saturated rings. The number of ether oxygens (including phenoxy) is 1. The summed E-state index contributed by atoms with van der Waals surface area (Å²) < 4.78 is 5.28. The lowest BCUT2D eigenvalue weighted by molar-refractivity contribution is 0.0746. The van der Waals surface area contributed by atoms with Crippen LogP contribution in [0.25, 0.3) is 0 Å². The molecule has 2 aromatic carbocycles. The second-order valence-corrected chi connectivity index (χ2v) is 4.98. The van der Waals surface area contributed by atoms with Gasteiger partial charge in [-0.2, -0.15) is 5.26 Å². The zero-order chi connectivity index (χ0) is 15.0. The monoisotopic (exact) mass is 279 g/mol. The second-order valence-electron chi connectivity index (χ2n) is 4.98. The molecule has 0 radical (unpaired) electrons. The van der Waals surface area contributed by atoms with E-state index in [1.807, 2.05) is 6.07 Å². The van der Waals surface area contributed by atoms with E-state index in [9.17, 15) is 9.90 Å². The van der Waals surface area contributed by atoms with Crippen molar-refractivity contribution >= 4 is 5.78 Å². The van der Waals surface area contributed by atoms with Crippen molar-refractivity contribution in [1.29, 1.82) is 5.26 Å². The predicted molar refractivity (Wildman–Crippen MR) is 76.3 cm³/mol. The Hall–Kier alpha value is -2.64. The molecule has 0 saturated heterocycles.